The van der Waals surface area contributed by atoms with E-state index in [-0.39, 0.29) is 5.38 Å². The van der Waals surface area contributed by atoms with Crippen molar-refractivity contribution in [3.8, 4) is 11.5 Å². The maximum Gasteiger partial charge on any atom is 0.250 e. The summed E-state index contributed by atoms with van der Waals surface area (Å²) in [5, 5.41) is 8.68. The first-order valence-electron chi connectivity index (χ1n) is 5.57. The van der Waals surface area contributed by atoms with Crippen LogP contribution in [0.5, 0.6) is 0 Å². The summed E-state index contributed by atoms with van der Waals surface area (Å²) >= 11 is 5.91. The largest absolute Gasteiger partial charge is 0.419 e. The topological polar surface area (TPSA) is 51.8 Å². The fourth-order valence-electron chi connectivity index (χ4n) is 1.78. The molecule has 0 radical (unpaired) electrons. The zero-order chi connectivity index (χ0) is 12.5. The van der Waals surface area contributed by atoms with Gasteiger partial charge < -0.3 is 4.42 Å². The smallest absolute Gasteiger partial charge is 0.250 e. The average molecular weight is 260 g/mol. The Morgan fingerprint density at radius 1 is 1.17 bits per heavy atom. The van der Waals surface area contributed by atoms with E-state index in [0.29, 0.717) is 11.8 Å². The number of para-hydroxylation sites is 1. The fraction of sp³-hybridized carbons (Fsp3) is 0.154. The minimum atomic E-state index is -0.297. The van der Waals surface area contributed by atoms with Crippen LogP contribution in [0, 0.1) is 0 Å². The summed E-state index contributed by atoms with van der Waals surface area (Å²) in [6.45, 7) is 1.79. The van der Waals surface area contributed by atoms with Crippen molar-refractivity contribution >= 4 is 22.5 Å². The fourth-order valence-corrected chi connectivity index (χ4v) is 1.87. The number of halogens is 1. The number of hydrogen-bond donors (Lipinski definition) is 0. The molecule has 1 unspecified atom stereocenters. The van der Waals surface area contributed by atoms with Crippen molar-refractivity contribution in [2.45, 2.75) is 12.3 Å². The first-order valence-corrected chi connectivity index (χ1v) is 6.01. The van der Waals surface area contributed by atoms with Crippen molar-refractivity contribution in [3.63, 3.8) is 0 Å². The minimum Gasteiger partial charge on any atom is -0.419 e. The molecule has 2 heterocycles. The summed E-state index contributed by atoms with van der Waals surface area (Å²) in [5.74, 6) is 0.862. The summed E-state index contributed by atoms with van der Waals surface area (Å²) < 4.78 is 5.55. The third-order valence-corrected chi connectivity index (χ3v) is 2.83. The van der Waals surface area contributed by atoms with E-state index in [1.54, 1.807) is 13.1 Å². The second-order valence-corrected chi connectivity index (χ2v) is 4.60. The highest BCUT2D eigenvalue weighted by atomic mass is 35.5. The first kappa shape index (κ1) is 11.2. The normalized spacial score (nSPS) is 12.8. The first-order chi connectivity index (χ1) is 8.75. The van der Waals surface area contributed by atoms with Gasteiger partial charge >= 0.3 is 0 Å². The Morgan fingerprint density at radius 2 is 2.00 bits per heavy atom. The molecule has 4 nitrogen and oxygen atoms in total. The van der Waals surface area contributed by atoms with Crippen LogP contribution in [0.15, 0.2) is 40.9 Å². The summed E-state index contributed by atoms with van der Waals surface area (Å²) in [4.78, 5) is 4.35. The molecule has 0 aliphatic carbocycles. The third-order valence-electron chi connectivity index (χ3n) is 2.64. The second kappa shape index (κ2) is 4.38. The van der Waals surface area contributed by atoms with Crippen molar-refractivity contribution in [1.29, 1.82) is 0 Å². The highest BCUT2D eigenvalue weighted by Gasteiger charge is 2.14. The Balaban J connectivity index is 2.18. The van der Waals surface area contributed by atoms with Crippen molar-refractivity contribution in [3.05, 3.63) is 42.4 Å². The molecule has 1 atom stereocenters. The average Bonchev–Trinajstić information content (AvgIpc) is 2.87. The van der Waals surface area contributed by atoms with Gasteiger partial charge in [-0.1, -0.05) is 18.2 Å². The molecule has 3 aromatic rings. The van der Waals surface area contributed by atoms with E-state index >= 15 is 0 Å². The number of alkyl halides is 1. The number of nitrogens with zero attached hydrogens (tertiary/aromatic N) is 3. The van der Waals surface area contributed by atoms with Crippen molar-refractivity contribution in [2.75, 3.05) is 0 Å². The van der Waals surface area contributed by atoms with Crippen LogP contribution in [0.4, 0.5) is 0 Å². The van der Waals surface area contributed by atoms with Gasteiger partial charge in [0.2, 0.25) is 11.8 Å². The molecule has 18 heavy (non-hydrogen) atoms. The molecule has 0 amide bonds. The SMILES string of the molecule is CC(Cl)c1nnc(-c2cccc3cccnc23)o1. The van der Waals surface area contributed by atoms with Crippen LogP contribution in [0.1, 0.15) is 18.2 Å². The molecule has 0 saturated heterocycles. The highest BCUT2D eigenvalue weighted by Crippen LogP contribution is 2.28. The van der Waals surface area contributed by atoms with Crippen LogP contribution in [-0.2, 0) is 0 Å². The maximum atomic E-state index is 5.91. The van der Waals surface area contributed by atoms with E-state index in [0.717, 1.165) is 16.5 Å². The number of benzene rings is 1. The molecule has 0 aliphatic heterocycles. The predicted octanol–water partition coefficient (Wildman–Crippen LogP) is 3.58. The lowest BCUT2D eigenvalue weighted by atomic mass is 10.1. The molecule has 1 aromatic carbocycles. The molecule has 0 spiro atoms. The molecule has 3 rings (SSSR count). The Hall–Kier alpha value is -1.94. The standard InChI is InChI=1S/C13H10ClN3O/c1-8(14)12-16-17-13(18-12)10-6-2-4-9-5-3-7-15-11(9)10/h2-8H,1H3. The maximum absolute atomic E-state index is 5.91. The minimum absolute atomic E-state index is 0.297. The third kappa shape index (κ3) is 1.84. The molecular weight excluding hydrogens is 250 g/mol. The number of hydrogen-bond acceptors (Lipinski definition) is 4. The van der Waals surface area contributed by atoms with Gasteiger partial charge in [0.05, 0.1) is 11.1 Å². The van der Waals surface area contributed by atoms with Crippen molar-refractivity contribution < 1.29 is 4.42 Å². The molecule has 0 bridgehead atoms. The monoisotopic (exact) mass is 259 g/mol. The Morgan fingerprint density at radius 3 is 2.78 bits per heavy atom. The summed E-state index contributed by atoms with van der Waals surface area (Å²) in [5.41, 5.74) is 1.67. The van der Waals surface area contributed by atoms with Gasteiger partial charge in [-0.05, 0) is 19.1 Å². The van der Waals surface area contributed by atoms with E-state index in [2.05, 4.69) is 15.2 Å². The molecule has 0 N–H and O–H groups in total. The van der Waals surface area contributed by atoms with E-state index in [9.17, 15) is 0 Å². The van der Waals surface area contributed by atoms with Crippen LogP contribution in [0.2, 0.25) is 0 Å². The molecule has 0 fully saturated rings. The van der Waals surface area contributed by atoms with Crippen LogP contribution in [0.25, 0.3) is 22.4 Å². The number of aromatic nitrogens is 3. The molecule has 90 valence electrons. The molecular formula is C13H10ClN3O. The van der Waals surface area contributed by atoms with Gasteiger partial charge in [0.25, 0.3) is 0 Å². The van der Waals surface area contributed by atoms with E-state index in [1.807, 2.05) is 30.3 Å². The molecule has 2 aromatic heterocycles. The van der Waals surface area contributed by atoms with Gasteiger partial charge in [-0.15, -0.1) is 21.8 Å². The van der Waals surface area contributed by atoms with Gasteiger partial charge in [0.1, 0.15) is 5.38 Å². The highest BCUT2D eigenvalue weighted by molar-refractivity contribution is 6.20. The lowest BCUT2D eigenvalue weighted by Gasteiger charge is -2.00. The summed E-state index contributed by atoms with van der Waals surface area (Å²) in [6, 6.07) is 9.73. The Bertz CT molecular complexity index is 688. The predicted molar refractivity (Wildman–Crippen MR) is 69.3 cm³/mol. The van der Waals surface area contributed by atoms with Gasteiger partial charge in [-0.2, -0.15) is 0 Å². The molecule has 5 heteroatoms. The Labute approximate surface area is 109 Å². The number of rotatable bonds is 2. The quantitative estimate of drug-likeness (QED) is 0.660. The lowest BCUT2D eigenvalue weighted by molar-refractivity contribution is 0.507. The zero-order valence-electron chi connectivity index (χ0n) is 9.67. The summed E-state index contributed by atoms with van der Waals surface area (Å²) in [6.07, 6.45) is 1.74. The van der Waals surface area contributed by atoms with Crippen LogP contribution in [0.3, 0.4) is 0 Å². The van der Waals surface area contributed by atoms with Crippen molar-refractivity contribution in [1.82, 2.24) is 15.2 Å². The van der Waals surface area contributed by atoms with Crippen LogP contribution in [-0.4, -0.2) is 15.2 Å². The van der Waals surface area contributed by atoms with Gasteiger partial charge in [-0.3, -0.25) is 4.98 Å². The van der Waals surface area contributed by atoms with Gasteiger partial charge in [0.15, 0.2) is 0 Å². The van der Waals surface area contributed by atoms with Gasteiger partial charge in [-0.25, -0.2) is 0 Å². The van der Waals surface area contributed by atoms with E-state index < -0.39 is 0 Å². The number of pyridine rings is 1. The molecule has 0 aliphatic rings. The van der Waals surface area contributed by atoms with Gasteiger partial charge in [0, 0.05) is 11.6 Å². The van der Waals surface area contributed by atoms with Crippen LogP contribution >= 0.6 is 11.6 Å². The Kier molecular flexibility index (Phi) is 2.72. The summed E-state index contributed by atoms with van der Waals surface area (Å²) in [7, 11) is 0. The van der Waals surface area contributed by atoms with Crippen molar-refractivity contribution in [2.24, 2.45) is 0 Å². The number of fused-ring (bicyclic) bond motifs is 1. The second-order valence-electron chi connectivity index (χ2n) is 3.94. The lowest BCUT2D eigenvalue weighted by Crippen LogP contribution is -1.84. The van der Waals surface area contributed by atoms with E-state index in [1.165, 1.54) is 0 Å². The zero-order valence-corrected chi connectivity index (χ0v) is 10.4. The van der Waals surface area contributed by atoms with E-state index in [4.69, 9.17) is 16.0 Å². The van der Waals surface area contributed by atoms with Crippen LogP contribution < -0.4 is 0 Å². The molecule has 0 saturated carbocycles.